The third-order valence-electron chi connectivity index (χ3n) is 4.56. The van der Waals surface area contributed by atoms with E-state index >= 15 is 0 Å². The Bertz CT molecular complexity index is 603. The number of nitrogens with one attached hydrogen (secondary N) is 1. The van der Waals surface area contributed by atoms with Gasteiger partial charge in [-0.25, -0.2) is 0 Å². The Balaban J connectivity index is 1.76. The van der Waals surface area contributed by atoms with Gasteiger partial charge in [-0.2, -0.15) is 0 Å². The van der Waals surface area contributed by atoms with Crippen LogP contribution in [0.4, 0.5) is 0 Å². The highest BCUT2D eigenvalue weighted by atomic mass is 35.5. The van der Waals surface area contributed by atoms with Crippen molar-refractivity contribution in [2.24, 2.45) is 0 Å². The van der Waals surface area contributed by atoms with E-state index in [1.165, 1.54) is 5.56 Å². The van der Waals surface area contributed by atoms with E-state index in [2.05, 4.69) is 21.2 Å². The summed E-state index contributed by atoms with van der Waals surface area (Å²) in [6.45, 7) is 9.83. The molecule has 1 aromatic carbocycles. The summed E-state index contributed by atoms with van der Waals surface area (Å²) in [7, 11) is 0. The quantitative estimate of drug-likeness (QED) is 0.741. The van der Waals surface area contributed by atoms with Gasteiger partial charge in [0.1, 0.15) is 0 Å². The summed E-state index contributed by atoms with van der Waals surface area (Å²) in [6.07, 6.45) is 0. The maximum atomic E-state index is 12.5. The van der Waals surface area contributed by atoms with Crippen molar-refractivity contribution < 1.29 is 9.59 Å². The van der Waals surface area contributed by atoms with Gasteiger partial charge < -0.3 is 10.2 Å². The lowest BCUT2D eigenvalue weighted by Crippen LogP contribution is -2.50. The van der Waals surface area contributed by atoms with Crippen LogP contribution < -0.4 is 5.32 Å². The Morgan fingerprint density at radius 3 is 2.46 bits per heavy atom. The first-order valence-electron chi connectivity index (χ1n) is 9.25. The van der Waals surface area contributed by atoms with Crippen LogP contribution in [0.1, 0.15) is 19.4 Å². The van der Waals surface area contributed by atoms with Crippen LogP contribution >= 0.6 is 11.6 Å². The zero-order chi connectivity index (χ0) is 18.9. The van der Waals surface area contributed by atoms with Crippen molar-refractivity contribution in [3.05, 3.63) is 34.9 Å². The van der Waals surface area contributed by atoms with Gasteiger partial charge in [0, 0.05) is 50.8 Å². The summed E-state index contributed by atoms with van der Waals surface area (Å²) in [6, 6.07) is 7.94. The van der Waals surface area contributed by atoms with E-state index in [0.717, 1.165) is 37.7 Å². The van der Waals surface area contributed by atoms with Crippen LogP contribution in [0.3, 0.4) is 0 Å². The van der Waals surface area contributed by atoms with E-state index < -0.39 is 0 Å². The smallest absolute Gasteiger partial charge is 0.239 e. The van der Waals surface area contributed by atoms with E-state index in [0.29, 0.717) is 19.6 Å². The monoisotopic (exact) mass is 380 g/mol. The van der Waals surface area contributed by atoms with E-state index in [1.807, 2.05) is 32.0 Å². The Kier molecular flexibility index (Phi) is 8.35. The summed E-state index contributed by atoms with van der Waals surface area (Å²) >= 11 is 6.04. The number of carbonyl (C=O) groups is 2. The molecule has 1 saturated heterocycles. The van der Waals surface area contributed by atoms with Gasteiger partial charge in [-0.3, -0.25) is 19.4 Å². The number of likely N-dealkylation sites (N-methyl/N-ethyl adjacent to an activating group) is 2. The molecular formula is C19H29ClN4O2. The largest absolute Gasteiger partial charge is 0.355 e. The molecule has 7 heteroatoms. The SMILES string of the molecule is CCNC(=O)CN(CC)C(=O)CN1CCN(Cc2cccc(Cl)c2)CC1. The molecule has 1 fully saturated rings. The van der Waals surface area contributed by atoms with Crippen molar-refractivity contribution in [3.8, 4) is 0 Å². The minimum absolute atomic E-state index is 0.0158. The van der Waals surface area contributed by atoms with Crippen molar-refractivity contribution in [3.63, 3.8) is 0 Å². The van der Waals surface area contributed by atoms with Crippen LogP contribution in [-0.4, -0.2) is 78.9 Å². The molecule has 1 aromatic rings. The van der Waals surface area contributed by atoms with Gasteiger partial charge in [0.05, 0.1) is 13.1 Å². The minimum atomic E-state index is -0.103. The number of carbonyl (C=O) groups excluding carboxylic acids is 2. The van der Waals surface area contributed by atoms with Crippen LogP contribution in [-0.2, 0) is 16.1 Å². The van der Waals surface area contributed by atoms with Gasteiger partial charge >= 0.3 is 0 Å². The second kappa shape index (κ2) is 10.5. The molecule has 1 aliphatic heterocycles. The fourth-order valence-corrected chi connectivity index (χ4v) is 3.31. The summed E-state index contributed by atoms with van der Waals surface area (Å²) in [5.74, 6) is -0.0870. The molecule has 6 nitrogen and oxygen atoms in total. The zero-order valence-corrected chi connectivity index (χ0v) is 16.5. The average Bonchev–Trinajstić information content (AvgIpc) is 2.61. The number of rotatable bonds is 8. The van der Waals surface area contributed by atoms with Crippen LogP contribution in [0.5, 0.6) is 0 Å². The normalized spacial score (nSPS) is 15.7. The number of hydrogen-bond acceptors (Lipinski definition) is 4. The average molecular weight is 381 g/mol. The molecular weight excluding hydrogens is 352 g/mol. The first-order valence-corrected chi connectivity index (χ1v) is 9.63. The second-order valence-corrected chi connectivity index (χ2v) is 6.98. The van der Waals surface area contributed by atoms with E-state index in [4.69, 9.17) is 11.6 Å². The van der Waals surface area contributed by atoms with E-state index in [9.17, 15) is 9.59 Å². The number of nitrogens with zero attached hydrogens (tertiary/aromatic N) is 3. The first kappa shape index (κ1) is 20.7. The molecule has 0 saturated carbocycles. The molecule has 0 radical (unpaired) electrons. The summed E-state index contributed by atoms with van der Waals surface area (Å²) in [5, 5.41) is 3.50. The Morgan fingerprint density at radius 1 is 1.15 bits per heavy atom. The molecule has 0 unspecified atom stereocenters. The van der Waals surface area contributed by atoms with Gasteiger partial charge in [0.15, 0.2) is 0 Å². The van der Waals surface area contributed by atoms with Gasteiger partial charge in [-0.05, 0) is 31.5 Å². The number of hydrogen-bond donors (Lipinski definition) is 1. The van der Waals surface area contributed by atoms with Crippen molar-refractivity contribution in [2.45, 2.75) is 20.4 Å². The van der Waals surface area contributed by atoms with E-state index in [1.54, 1.807) is 4.90 Å². The Labute approximate surface area is 161 Å². The van der Waals surface area contributed by atoms with Gasteiger partial charge in [-0.1, -0.05) is 23.7 Å². The summed E-state index contributed by atoms with van der Waals surface area (Å²) < 4.78 is 0. The molecule has 2 rings (SSSR count). The van der Waals surface area contributed by atoms with Crippen LogP contribution in [0, 0.1) is 0 Å². The molecule has 0 aromatic heterocycles. The van der Waals surface area contributed by atoms with Crippen molar-refractivity contribution in [1.82, 2.24) is 20.0 Å². The first-order chi connectivity index (χ1) is 12.5. The predicted molar refractivity (Wildman–Crippen MR) is 104 cm³/mol. The lowest BCUT2D eigenvalue weighted by atomic mass is 10.2. The lowest BCUT2D eigenvalue weighted by Gasteiger charge is -2.35. The molecule has 1 N–H and O–H groups in total. The summed E-state index contributed by atoms with van der Waals surface area (Å²) in [5.41, 5.74) is 1.21. The molecule has 144 valence electrons. The second-order valence-electron chi connectivity index (χ2n) is 6.54. The maximum absolute atomic E-state index is 12.5. The predicted octanol–water partition coefficient (Wildman–Crippen LogP) is 1.44. The zero-order valence-electron chi connectivity index (χ0n) is 15.7. The summed E-state index contributed by atoms with van der Waals surface area (Å²) in [4.78, 5) is 30.3. The Morgan fingerprint density at radius 2 is 1.85 bits per heavy atom. The molecule has 2 amide bonds. The lowest BCUT2D eigenvalue weighted by molar-refractivity contribution is -0.137. The number of halogens is 1. The molecule has 0 atom stereocenters. The van der Waals surface area contributed by atoms with E-state index in [-0.39, 0.29) is 18.4 Å². The number of amides is 2. The highest BCUT2D eigenvalue weighted by molar-refractivity contribution is 6.30. The van der Waals surface area contributed by atoms with Gasteiger partial charge in [0.25, 0.3) is 0 Å². The highest BCUT2D eigenvalue weighted by Crippen LogP contribution is 2.14. The molecule has 1 heterocycles. The Hall–Kier alpha value is -1.63. The standard InChI is InChI=1S/C19H29ClN4O2/c1-3-21-18(25)14-24(4-2)19(26)15-23-10-8-22(9-11-23)13-16-6-5-7-17(20)12-16/h5-7,12H,3-4,8-11,13-15H2,1-2H3,(H,21,25). The number of benzene rings is 1. The molecule has 0 aliphatic carbocycles. The molecule has 1 aliphatic rings. The van der Waals surface area contributed by atoms with Crippen molar-refractivity contribution in [2.75, 3.05) is 52.4 Å². The number of piperazine rings is 1. The molecule has 26 heavy (non-hydrogen) atoms. The molecule has 0 bridgehead atoms. The van der Waals surface area contributed by atoms with Crippen LogP contribution in [0.2, 0.25) is 5.02 Å². The molecule has 0 spiro atoms. The fourth-order valence-electron chi connectivity index (χ4n) is 3.09. The van der Waals surface area contributed by atoms with Gasteiger partial charge in [0.2, 0.25) is 11.8 Å². The van der Waals surface area contributed by atoms with Gasteiger partial charge in [-0.15, -0.1) is 0 Å². The topological polar surface area (TPSA) is 55.9 Å². The minimum Gasteiger partial charge on any atom is -0.355 e. The fraction of sp³-hybridized carbons (Fsp3) is 0.579. The van der Waals surface area contributed by atoms with Crippen LogP contribution in [0.15, 0.2) is 24.3 Å². The van der Waals surface area contributed by atoms with Crippen LogP contribution in [0.25, 0.3) is 0 Å². The maximum Gasteiger partial charge on any atom is 0.239 e. The third-order valence-corrected chi connectivity index (χ3v) is 4.80. The highest BCUT2D eigenvalue weighted by Gasteiger charge is 2.22. The van der Waals surface area contributed by atoms with Crippen molar-refractivity contribution in [1.29, 1.82) is 0 Å². The third kappa shape index (κ3) is 6.59. The van der Waals surface area contributed by atoms with Crippen molar-refractivity contribution >= 4 is 23.4 Å².